The summed E-state index contributed by atoms with van der Waals surface area (Å²) in [7, 11) is -3.12. The van der Waals surface area contributed by atoms with E-state index in [4.69, 9.17) is 10.4 Å². The lowest BCUT2D eigenvalue weighted by Crippen LogP contribution is -2.49. The van der Waals surface area contributed by atoms with Crippen LogP contribution in [0.3, 0.4) is 0 Å². The van der Waals surface area contributed by atoms with E-state index in [1.54, 1.807) is 0 Å². The number of rotatable bonds is 7. The fraction of sp³-hybridized carbons (Fsp3) is 0.857. The second-order valence-corrected chi connectivity index (χ2v) is 8.58. The van der Waals surface area contributed by atoms with Gasteiger partial charge < -0.3 is 5.11 Å². The van der Waals surface area contributed by atoms with Gasteiger partial charge in [0.1, 0.15) is 0 Å². The lowest BCUT2D eigenvalue weighted by atomic mass is 9.89. The van der Waals surface area contributed by atoms with Crippen molar-refractivity contribution in [1.29, 1.82) is 5.26 Å². The minimum atomic E-state index is -3.12. The van der Waals surface area contributed by atoms with Crippen LogP contribution in [0.1, 0.15) is 39.5 Å². The first-order valence-corrected chi connectivity index (χ1v) is 9.05. The predicted octanol–water partition coefficient (Wildman–Crippen LogP) is 1.28. The molecule has 1 aliphatic heterocycles. The van der Waals surface area contributed by atoms with Crippen LogP contribution in [0.4, 0.5) is 0 Å². The number of sulfone groups is 1. The summed E-state index contributed by atoms with van der Waals surface area (Å²) >= 11 is 0. The van der Waals surface area contributed by atoms with Gasteiger partial charge in [-0.15, -0.1) is 0 Å². The van der Waals surface area contributed by atoms with Crippen LogP contribution < -0.4 is 0 Å². The summed E-state index contributed by atoms with van der Waals surface area (Å²) in [5.41, 5.74) is -0.342. The van der Waals surface area contributed by atoms with Crippen LogP contribution in [0.2, 0.25) is 0 Å². The summed E-state index contributed by atoms with van der Waals surface area (Å²) in [5.74, 6) is -0.928. The third-order valence-electron chi connectivity index (χ3n) is 3.86. The zero-order valence-electron chi connectivity index (χ0n) is 12.7. The highest BCUT2D eigenvalue weighted by Crippen LogP contribution is 2.22. The normalized spacial score (nSPS) is 22.6. The van der Waals surface area contributed by atoms with Crippen molar-refractivity contribution in [3.8, 4) is 6.07 Å². The van der Waals surface area contributed by atoms with Crippen LogP contribution in [0.5, 0.6) is 0 Å². The van der Waals surface area contributed by atoms with Crippen molar-refractivity contribution in [3.05, 3.63) is 0 Å². The van der Waals surface area contributed by atoms with Crippen LogP contribution in [0.25, 0.3) is 0 Å². The average molecular weight is 316 g/mol. The Morgan fingerprint density at radius 2 is 2.10 bits per heavy atom. The minimum Gasteiger partial charge on any atom is -0.481 e. The quantitative estimate of drug-likeness (QED) is 0.710. The Hall–Kier alpha value is -1.13. The Bertz CT molecular complexity index is 508. The van der Waals surface area contributed by atoms with Gasteiger partial charge in [0.25, 0.3) is 0 Å². The maximum Gasteiger partial charge on any atom is 0.304 e. The lowest BCUT2D eigenvalue weighted by Gasteiger charge is -2.34. The molecule has 1 atom stereocenters. The molecule has 0 aromatic carbocycles. The van der Waals surface area contributed by atoms with Gasteiger partial charge in [0, 0.05) is 12.6 Å². The molecular formula is C14H24N2O4S. The molecule has 0 bridgehead atoms. The number of carbonyl (C=O) groups is 1. The molecule has 0 radical (unpaired) electrons. The number of unbranched alkanes of at least 4 members (excludes halogenated alkanes) is 1. The monoisotopic (exact) mass is 316 g/mol. The second-order valence-electron chi connectivity index (χ2n) is 6.35. The average Bonchev–Trinajstić information content (AvgIpc) is 2.35. The molecule has 1 aliphatic rings. The van der Waals surface area contributed by atoms with Crippen molar-refractivity contribution in [2.75, 3.05) is 24.6 Å². The number of carboxylic acid groups (broad SMARTS) is 1. The van der Waals surface area contributed by atoms with Gasteiger partial charge in [-0.25, -0.2) is 8.42 Å². The fourth-order valence-corrected chi connectivity index (χ4v) is 4.14. The molecule has 1 unspecified atom stereocenters. The number of hydrogen-bond donors (Lipinski definition) is 1. The molecular weight excluding hydrogens is 292 g/mol. The molecule has 120 valence electrons. The first-order valence-electron chi connectivity index (χ1n) is 7.23. The Morgan fingerprint density at radius 1 is 1.43 bits per heavy atom. The number of hydrogen-bond acceptors (Lipinski definition) is 5. The summed E-state index contributed by atoms with van der Waals surface area (Å²) in [4.78, 5) is 12.8. The lowest BCUT2D eigenvalue weighted by molar-refractivity contribution is -0.138. The van der Waals surface area contributed by atoms with Crippen molar-refractivity contribution < 1.29 is 18.3 Å². The van der Waals surface area contributed by atoms with E-state index in [9.17, 15) is 13.2 Å². The molecule has 1 fully saturated rings. The summed E-state index contributed by atoms with van der Waals surface area (Å²) in [6, 6.07) is 1.83. The predicted molar refractivity (Wildman–Crippen MR) is 79.5 cm³/mol. The Labute approximate surface area is 126 Å². The topological polar surface area (TPSA) is 98.5 Å². The third-order valence-corrected chi connectivity index (χ3v) is 5.56. The minimum absolute atomic E-state index is 0.0665. The van der Waals surface area contributed by atoms with E-state index in [-0.39, 0.29) is 23.3 Å². The highest BCUT2D eigenvalue weighted by molar-refractivity contribution is 7.91. The smallest absolute Gasteiger partial charge is 0.304 e. The molecule has 1 saturated heterocycles. The SMILES string of the molecule is CC(C)(C#N)CCCCN1CCS(=O)(=O)CC1CC(=O)O. The number of nitriles is 1. The van der Waals surface area contributed by atoms with Crippen molar-refractivity contribution in [2.45, 2.75) is 45.6 Å². The first-order chi connectivity index (χ1) is 9.65. The van der Waals surface area contributed by atoms with Crippen LogP contribution in [-0.2, 0) is 14.6 Å². The van der Waals surface area contributed by atoms with Crippen molar-refractivity contribution in [3.63, 3.8) is 0 Å². The van der Waals surface area contributed by atoms with Crippen LogP contribution in [0, 0.1) is 16.7 Å². The van der Waals surface area contributed by atoms with E-state index >= 15 is 0 Å². The van der Waals surface area contributed by atoms with Gasteiger partial charge in [0.15, 0.2) is 9.84 Å². The molecule has 21 heavy (non-hydrogen) atoms. The van der Waals surface area contributed by atoms with Gasteiger partial charge in [0.2, 0.25) is 0 Å². The van der Waals surface area contributed by atoms with E-state index in [0.29, 0.717) is 13.1 Å². The summed E-state index contributed by atoms with van der Waals surface area (Å²) < 4.78 is 23.3. The second kappa shape index (κ2) is 7.23. The van der Waals surface area contributed by atoms with Gasteiger partial charge in [0.05, 0.1) is 29.4 Å². The van der Waals surface area contributed by atoms with E-state index < -0.39 is 21.8 Å². The summed E-state index contributed by atoms with van der Waals surface area (Å²) in [5, 5.41) is 17.9. The largest absolute Gasteiger partial charge is 0.481 e. The van der Waals surface area contributed by atoms with Crippen LogP contribution in [0.15, 0.2) is 0 Å². The highest BCUT2D eigenvalue weighted by atomic mass is 32.2. The van der Waals surface area contributed by atoms with E-state index in [1.165, 1.54) is 0 Å². The number of nitrogens with zero attached hydrogens (tertiary/aromatic N) is 2. The molecule has 7 heteroatoms. The Balaban J connectivity index is 2.48. The fourth-order valence-electron chi connectivity index (χ4n) is 2.54. The highest BCUT2D eigenvalue weighted by Gasteiger charge is 2.32. The molecule has 6 nitrogen and oxygen atoms in total. The van der Waals surface area contributed by atoms with Gasteiger partial charge in [-0.05, 0) is 33.2 Å². The van der Waals surface area contributed by atoms with E-state index in [0.717, 1.165) is 19.3 Å². The molecule has 0 aromatic rings. The molecule has 1 rings (SSSR count). The molecule has 1 heterocycles. The maximum absolute atomic E-state index is 11.6. The van der Waals surface area contributed by atoms with Crippen molar-refractivity contribution in [2.24, 2.45) is 5.41 Å². The summed E-state index contributed by atoms with van der Waals surface area (Å²) in [6.45, 7) is 4.89. The van der Waals surface area contributed by atoms with Gasteiger partial charge in [-0.1, -0.05) is 6.42 Å². The molecule has 1 N–H and O–H groups in total. The standard InChI is InChI=1S/C14H24N2O4S/c1-14(2,11-15)5-3-4-6-16-7-8-21(19,20)10-12(16)9-13(17)18/h12H,3-10H2,1-2H3,(H,17,18). The maximum atomic E-state index is 11.6. The van der Waals surface area contributed by atoms with Crippen LogP contribution in [-0.4, -0.2) is 55.0 Å². The van der Waals surface area contributed by atoms with Crippen LogP contribution >= 0.6 is 0 Å². The van der Waals surface area contributed by atoms with Crippen molar-refractivity contribution >= 4 is 15.8 Å². The molecule has 0 aliphatic carbocycles. The van der Waals surface area contributed by atoms with E-state index in [2.05, 4.69) is 6.07 Å². The first kappa shape index (κ1) is 17.9. The van der Waals surface area contributed by atoms with Gasteiger partial charge in [-0.2, -0.15) is 5.26 Å². The number of aliphatic carboxylic acids is 1. The zero-order valence-corrected chi connectivity index (χ0v) is 13.5. The molecule has 0 amide bonds. The zero-order chi connectivity index (χ0) is 16.1. The molecule has 0 aromatic heterocycles. The van der Waals surface area contributed by atoms with Gasteiger partial charge >= 0.3 is 5.97 Å². The Morgan fingerprint density at radius 3 is 2.67 bits per heavy atom. The Kier molecular flexibility index (Phi) is 6.17. The van der Waals surface area contributed by atoms with Gasteiger partial charge in [-0.3, -0.25) is 9.69 Å². The van der Waals surface area contributed by atoms with E-state index in [1.807, 2.05) is 18.7 Å². The molecule has 0 saturated carbocycles. The van der Waals surface area contributed by atoms with Crippen molar-refractivity contribution in [1.82, 2.24) is 4.90 Å². The molecule has 0 spiro atoms. The third kappa shape index (κ3) is 6.44. The summed E-state index contributed by atoms with van der Waals surface area (Å²) in [6.07, 6.45) is 2.38. The number of carboxylic acids is 1.